The first-order valence-corrected chi connectivity index (χ1v) is 9.93. The van der Waals surface area contributed by atoms with E-state index in [1.165, 1.54) is 6.07 Å². The van der Waals surface area contributed by atoms with Crippen LogP contribution < -0.4 is 9.64 Å². The van der Waals surface area contributed by atoms with Crippen LogP contribution in [0, 0.1) is 11.6 Å². The summed E-state index contributed by atoms with van der Waals surface area (Å²) in [5.74, 6) is -0.407. The number of amides is 1. The molecule has 0 unspecified atom stereocenters. The third kappa shape index (κ3) is 4.62. The molecular weight excluding hydrogens is 408 g/mol. The van der Waals surface area contributed by atoms with Crippen LogP contribution in [0.25, 0.3) is 11.5 Å². The van der Waals surface area contributed by atoms with Gasteiger partial charge < -0.3 is 19.0 Å². The number of carbonyl (C=O) groups excluding carboxylic acids is 1. The topological polar surface area (TPSA) is 84.6 Å². The van der Waals surface area contributed by atoms with Gasteiger partial charge in [0.15, 0.2) is 18.2 Å². The largest absolute Gasteiger partial charge is 0.484 e. The maximum Gasteiger partial charge on any atom is 0.260 e. The molecule has 3 heterocycles. The number of aromatic nitrogens is 3. The Kier molecular flexibility index (Phi) is 6.06. The van der Waals surface area contributed by atoms with Crippen LogP contribution in [0.2, 0.25) is 0 Å². The van der Waals surface area contributed by atoms with Gasteiger partial charge in [0.1, 0.15) is 11.6 Å². The van der Waals surface area contributed by atoms with Gasteiger partial charge in [-0.25, -0.2) is 13.8 Å². The molecule has 1 aromatic carbocycles. The number of aryl methyl sites for hydroxylation is 1. The van der Waals surface area contributed by atoms with Crippen LogP contribution in [0.15, 0.2) is 40.9 Å². The van der Waals surface area contributed by atoms with Crippen LogP contribution in [0.3, 0.4) is 0 Å². The standard InChI is InChI=1S/C21H21F2N5O3/c1-2-18-25-26-21(31-18)15-4-3-7-24-20(15)28-10-8-27(9-11-28)19(29)13-30-14-5-6-16(22)17(23)12-14/h3-7,12H,2,8-11,13H2,1H3. The predicted octanol–water partition coefficient (Wildman–Crippen LogP) is 2.70. The molecule has 0 aliphatic carbocycles. The SMILES string of the molecule is CCc1nnc(-c2cccnc2N2CCN(C(=O)COc3ccc(F)c(F)c3)CC2)o1. The van der Waals surface area contributed by atoms with Gasteiger partial charge in [-0.15, -0.1) is 10.2 Å². The second-order valence-corrected chi connectivity index (χ2v) is 6.96. The van der Waals surface area contributed by atoms with Gasteiger partial charge in [0.05, 0.1) is 5.56 Å². The van der Waals surface area contributed by atoms with Crippen LogP contribution in [0.1, 0.15) is 12.8 Å². The Morgan fingerprint density at radius 3 is 2.65 bits per heavy atom. The first kappa shape index (κ1) is 20.7. The lowest BCUT2D eigenvalue weighted by Gasteiger charge is -2.35. The molecule has 0 N–H and O–H groups in total. The van der Waals surface area contributed by atoms with Crippen LogP contribution in [-0.2, 0) is 11.2 Å². The number of nitrogens with zero attached hydrogens (tertiary/aromatic N) is 5. The van der Waals surface area contributed by atoms with E-state index in [1.54, 1.807) is 11.1 Å². The number of benzene rings is 1. The van der Waals surface area contributed by atoms with Gasteiger partial charge in [-0.1, -0.05) is 6.92 Å². The van der Waals surface area contributed by atoms with Gasteiger partial charge in [0, 0.05) is 44.9 Å². The summed E-state index contributed by atoms with van der Waals surface area (Å²) in [6.45, 7) is 3.77. The van der Waals surface area contributed by atoms with Crippen molar-refractivity contribution in [2.24, 2.45) is 0 Å². The molecule has 1 aliphatic heterocycles. The Labute approximate surface area is 177 Å². The average molecular weight is 429 g/mol. The molecule has 8 nitrogen and oxygen atoms in total. The Hall–Kier alpha value is -3.56. The number of anilines is 1. The van der Waals surface area contributed by atoms with Crippen molar-refractivity contribution < 1.29 is 22.7 Å². The number of hydrogen-bond acceptors (Lipinski definition) is 7. The highest BCUT2D eigenvalue weighted by Gasteiger charge is 2.25. The minimum atomic E-state index is -1.02. The van der Waals surface area contributed by atoms with Gasteiger partial charge in [-0.05, 0) is 24.3 Å². The van der Waals surface area contributed by atoms with Crippen molar-refractivity contribution >= 4 is 11.7 Å². The Bertz CT molecular complexity index is 1070. The van der Waals surface area contributed by atoms with E-state index in [0.717, 1.165) is 23.5 Å². The molecule has 31 heavy (non-hydrogen) atoms. The highest BCUT2D eigenvalue weighted by Crippen LogP contribution is 2.28. The summed E-state index contributed by atoms with van der Waals surface area (Å²) in [5.41, 5.74) is 0.746. The van der Waals surface area contributed by atoms with E-state index in [-0.39, 0.29) is 18.3 Å². The summed E-state index contributed by atoms with van der Waals surface area (Å²) >= 11 is 0. The zero-order chi connectivity index (χ0) is 21.8. The van der Waals surface area contributed by atoms with Crippen LogP contribution in [-0.4, -0.2) is 58.8 Å². The van der Waals surface area contributed by atoms with Crippen LogP contribution in [0.4, 0.5) is 14.6 Å². The number of rotatable bonds is 6. The summed E-state index contributed by atoms with van der Waals surface area (Å²) in [7, 11) is 0. The molecule has 1 aliphatic rings. The Morgan fingerprint density at radius 1 is 1.13 bits per heavy atom. The number of ether oxygens (including phenoxy) is 1. The van der Waals surface area contributed by atoms with Gasteiger partial charge in [-0.2, -0.15) is 0 Å². The number of piperazine rings is 1. The van der Waals surface area contributed by atoms with Crippen molar-refractivity contribution in [1.29, 1.82) is 0 Å². The molecule has 0 bridgehead atoms. The average Bonchev–Trinajstić information content (AvgIpc) is 3.29. The molecule has 2 aromatic heterocycles. The maximum absolute atomic E-state index is 13.3. The summed E-state index contributed by atoms with van der Waals surface area (Å²) in [6, 6.07) is 6.86. The quantitative estimate of drug-likeness (QED) is 0.596. The van der Waals surface area contributed by atoms with E-state index in [2.05, 4.69) is 20.1 Å². The highest BCUT2D eigenvalue weighted by molar-refractivity contribution is 5.78. The van der Waals surface area contributed by atoms with Crippen molar-refractivity contribution in [1.82, 2.24) is 20.1 Å². The normalized spacial score (nSPS) is 14.0. The fourth-order valence-corrected chi connectivity index (χ4v) is 3.29. The molecule has 162 valence electrons. The Morgan fingerprint density at radius 2 is 1.94 bits per heavy atom. The third-order valence-electron chi connectivity index (χ3n) is 4.97. The van der Waals surface area contributed by atoms with Crippen LogP contribution >= 0.6 is 0 Å². The zero-order valence-corrected chi connectivity index (χ0v) is 16.9. The molecule has 1 amide bonds. The lowest BCUT2D eigenvalue weighted by atomic mass is 10.2. The van der Waals surface area contributed by atoms with Crippen molar-refractivity contribution in [3.05, 3.63) is 54.1 Å². The molecule has 10 heteroatoms. The van der Waals surface area contributed by atoms with E-state index in [9.17, 15) is 13.6 Å². The molecule has 3 aromatic rings. The van der Waals surface area contributed by atoms with Gasteiger partial charge in [0.25, 0.3) is 11.8 Å². The van der Waals surface area contributed by atoms with Crippen LogP contribution in [0.5, 0.6) is 5.75 Å². The number of pyridine rings is 1. The number of hydrogen-bond donors (Lipinski definition) is 0. The molecular formula is C21H21F2N5O3. The minimum Gasteiger partial charge on any atom is -0.484 e. The summed E-state index contributed by atoms with van der Waals surface area (Å²) in [5, 5.41) is 8.12. The lowest BCUT2D eigenvalue weighted by Crippen LogP contribution is -2.50. The monoisotopic (exact) mass is 429 g/mol. The third-order valence-corrected chi connectivity index (χ3v) is 4.97. The zero-order valence-electron chi connectivity index (χ0n) is 16.9. The van der Waals surface area contributed by atoms with Gasteiger partial charge in [-0.3, -0.25) is 4.79 Å². The molecule has 0 saturated carbocycles. The maximum atomic E-state index is 13.3. The highest BCUT2D eigenvalue weighted by atomic mass is 19.2. The van der Waals surface area contributed by atoms with E-state index in [4.69, 9.17) is 9.15 Å². The number of halogens is 2. The summed E-state index contributed by atoms with van der Waals surface area (Å²) in [6.07, 6.45) is 2.35. The van der Waals surface area contributed by atoms with Crippen molar-refractivity contribution in [3.8, 4) is 17.2 Å². The van der Waals surface area contributed by atoms with Crippen molar-refractivity contribution in [2.45, 2.75) is 13.3 Å². The lowest BCUT2D eigenvalue weighted by molar-refractivity contribution is -0.133. The minimum absolute atomic E-state index is 0.106. The Balaban J connectivity index is 1.36. The van der Waals surface area contributed by atoms with Crippen molar-refractivity contribution in [3.63, 3.8) is 0 Å². The fourth-order valence-electron chi connectivity index (χ4n) is 3.29. The first-order valence-electron chi connectivity index (χ1n) is 9.93. The molecule has 4 rings (SSSR count). The second kappa shape index (κ2) is 9.07. The molecule has 1 saturated heterocycles. The predicted molar refractivity (Wildman–Crippen MR) is 108 cm³/mol. The molecule has 0 atom stereocenters. The van der Waals surface area contributed by atoms with Gasteiger partial charge >= 0.3 is 0 Å². The van der Waals surface area contributed by atoms with E-state index >= 15 is 0 Å². The summed E-state index contributed by atoms with van der Waals surface area (Å²) in [4.78, 5) is 20.7. The van der Waals surface area contributed by atoms with E-state index in [0.29, 0.717) is 44.4 Å². The first-order chi connectivity index (χ1) is 15.0. The molecule has 0 spiro atoms. The number of carbonyl (C=O) groups is 1. The second-order valence-electron chi connectivity index (χ2n) is 6.96. The molecule has 0 radical (unpaired) electrons. The smallest absolute Gasteiger partial charge is 0.260 e. The molecule has 1 fully saturated rings. The van der Waals surface area contributed by atoms with Crippen molar-refractivity contribution in [2.75, 3.05) is 37.7 Å². The van der Waals surface area contributed by atoms with Gasteiger partial charge in [0.2, 0.25) is 5.89 Å². The van der Waals surface area contributed by atoms with E-state index < -0.39 is 11.6 Å². The van der Waals surface area contributed by atoms with E-state index in [1.807, 2.05) is 19.1 Å². The fraction of sp³-hybridized carbons (Fsp3) is 0.333. The summed E-state index contributed by atoms with van der Waals surface area (Å²) < 4.78 is 37.2.